The minimum absolute atomic E-state index is 0.116. The molecule has 0 atom stereocenters. The number of hydrogen-bond donors (Lipinski definition) is 1. The molecule has 0 radical (unpaired) electrons. The van der Waals surface area contributed by atoms with Crippen molar-refractivity contribution in [3.8, 4) is 5.69 Å². The molecule has 1 N–H and O–H groups in total. The van der Waals surface area contributed by atoms with Crippen LogP contribution in [0.25, 0.3) is 5.69 Å². The fraction of sp³-hybridized carbons (Fsp3) is 0.304. The Labute approximate surface area is 171 Å². The van der Waals surface area contributed by atoms with E-state index in [0.717, 1.165) is 56.2 Å². The Morgan fingerprint density at radius 1 is 1.07 bits per heavy atom. The molecule has 29 heavy (non-hydrogen) atoms. The Morgan fingerprint density at radius 3 is 2.45 bits per heavy atom. The maximum atomic E-state index is 12.5. The third kappa shape index (κ3) is 5.10. The lowest BCUT2D eigenvalue weighted by atomic mass is 10.1. The van der Waals surface area contributed by atoms with Gasteiger partial charge in [0, 0.05) is 37.1 Å². The molecule has 0 unspecified atom stereocenters. The third-order valence-electron chi connectivity index (χ3n) is 5.14. The zero-order valence-electron chi connectivity index (χ0n) is 16.7. The highest BCUT2D eigenvalue weighted by atomic mass is 16.5. The van der Waals surface area contributed by atoms with Crippen LogP contribution in [0.3, 0.4) is 0 Å². The van der Waals surface area contributed by atoms with Crippen LogP contribution in [-0.4, -0.2) is 53.4 Å². The summed E-state index contributed by atoms with van der Waals surface area (Å²) in [6.07, 6.45) is 4.77. The van der Waals surface area contributed by atoms with E-state index in [1.165, 1.54) is 5.56 Å². The van der Waals surface area contributed by atoms with Crippen LogP contribution in [0.15, 0.2) is 60.9 Å². The van der Waals surface area contributed by atoms with Crippen LogP contribution < -0.4 is 5.32 Å². The van der Waals surface area contributed by atoms with E-state index in [4.69, 9.17) is 4.74 Å². The maximum absolute atomic E-state index is 12.5. The molecule has 1 fully saturated rings. The van der Waals surface area contributed by atoms with Crippen LogP contribution >= 0.6 is 0 Å². The normalized spacial score (nSPS) is 14.7. The summed E-state index contributed by atoms with van der Waals surface area (Å²) in [7, 11) is 0. The number of anilines is 1. The van der Waals surface area contributed by atoms with Crippen molar-refractivity contribution in [3.63, 3.8) is 0 Å². The number of morpholine rings is 1. The number of aryl methyl sites for hydroxylation is 1. The smallest absolute Gasteiger partial charge is 0.255 e. The van der Waals surface area contributed by atoms with Gasteiger partial charge in [-0.1, -0.05) is 12.1 Å². The van der Waals surface area contributed by atoms with E-state index in [0.29, 0.717) is 5.56 Å². The minimum atomic E-state index is -0.116. The van der Waals surface area contributed by atoms with Crippen LogP contribution in [0, 0.1) is 6.92 Å². The van der Waals surface area contributed by atoms with Crippen molar-refractivity contribution in [2.24, 2.45) is 0 Å². The first-order valence-corrected chi connectivity index (χ1v) is 9.99. The van der Waals surface area contributed by atoms with Gasteiger partial charge < -0.3 is 10.1 Å². The lowest BCUT2D eigenvalue weighted by Crippen LogP contribution is -2.37. The second-order valence-corrected chi connectivity index (χ2v) is 7.36. The first-order valence-electron chi connectivity index (χ1n) is 9.99. The second-order valence-electron chi connectivity index (χ2n) is 7.36. The van der Waals surface area contributed by atoms with E-state index >= 15 is 0 Å². The second kappa shape index (κ2) is 9.03. The number of nitrogens with zero attached hydrogens (tertiary/aromatic N) is 3. The summed E-state index contributed by atoms with van der Waals surface area (Å²) >= 11 is 0. The number of ether oxygens (including phenoxy) is 1. The van der Waals surface area contributed by atoms with Crippen molar-refractivity contribution in [3.05, 3.63) is 77.6 Å². The number of hydrogen-bond acceptors (Lipinski definition) is 4. The van der Waals surface area contributed by atoms with Crippen LogP contribution in [0.5, 0.6) is 0 Å². The van der Waals surface area contributed by atoms with Crippen molar-refractivity contribution < 1.29 is 9.53 Å². The van der Waals surface area contributed by atoms with Crippen molar-refractivity contribution in [2.45, 2.75) is 13.3 Å². The summed E-state index contributed by atoms with van der Waals surface area (Å²) in [5.74, 6) is -0.116. The van der Waals surface area contributed by atoms with Crippen molar-refractivity contribution in [1.82, 2.24) is 14.7 Å². The van der Waals surface area contributed by atoms with Gasteiger partial charge >= 0.3 is 0 Å². The molecular weight excluding hydrogens is 364 g/mol. The van der Waals surface area contributed by atoms with Gasteiger partial charge in [-0.25, -0.2) is 4.68 Å². The molecule has 6 nitrogen and oxygen atoms in total. The maximum Gasteiger partial charge on any atom is 0.255 e. The zero-order valence-corrected chi connectivity index (χ0v) is 16.7. The molecule has 1 aromatic heterocycles. The predicted octanol–water partition coefficient (Wildman–Crippen LogP) is 3.31. The largest absolute Gasteiger partial charge is 0.379 e. The molecule has 4 rings (SSSR count). The molecule has 0 spiro atoms. The fourth-order valence-electron chi connectivity index (χ4n) is 3.39. The van der Waals surface area contributed by atoms with Crippen molar-refractivity contribution in [1.29, 1.82) is 0 Å². The quantitative estimate of drug-likeness (QED) is 0.702. The molecule has 0 saturated carbocycles. The van der Waals surface area contributed by atoms with Crippen LogP contribution in [0.2, 0.25) is 0 Å². The van der Waals surface area contributed by atoms with Crippen LogP contribution in [0.4, 0.5) is 5.69 Å². The van der Waals surface area contributed by atoms with E-state index in [9.17, 15) is 4.79 Å². The number of benzene rings is 2. The average Bonchev–Trinajstić information content (AvgIpc) is 3.20. The summed E-state index contributed by atoms with van der Waals surface area (Å²) in [5, 5.41) is 7.25. The molecule has 0 aliphatic carbocycles. The SMILES string of the molecule is Cc1cnn(-c2ccc(C(=O)Nc3ccc(CCN4CCOCC4)cc3)cc2)c1. The first-order chi connectivity index (χ1) is 14.2. The molecule has 150 valence electrons. The van der Waals surface area contributed by atoms with E-state index in [1.807, 2.05) is 55.7 Å². The van der Waals surface area contributed by atoms with Gasteiger partial charge in [0.1, 0.15) is 0 Å². The average molecular weight is 390 g/mol. The number of amides is 1. The summed E-state index contributed by atoms with van der Waals surface area (Å²) < 4.78 is 7.18. The Hall–Kier alpha value is -2.96. The van der Waals surface area contributed by atoms with Gasteiger partial charge in [0.2, 0.25) is 0 Å². The monoisotopic (exact) mass is 390 g/mol. The molecule has 6 heteroatoms. The van der Waals surface area contributed by atoms with Gasteiger partial charge in [-0.3, -0.25) is 9.69 Å². The van der Waals surface area contributed by atoms with E-state index in [-0.39, 0.29) is 5.91 Å². The van der Waals surface area contributed by atoms with Crippen LogP contribution in [-0.2, 0) is 11.2 Å². The van der Waals surface area contributed by atoms with Gasteiger partial charge in [0.05, 0.1) is 25.1 Å². The lowest BCUT2D eigenvalue weighted by molar-refractivity contribution is 0.0384. The topological polar surface area (TPSA) is 59.4 Å². The van der Waals surface area contributed by atoms with Gasteiger partial charge in [-0.2, -0.15) is 5.10 Å². The van der Waals surface area contributed by atoms with Crippen LogP contribution in [0.1, 0.15) is 21.5 Å². The number of carbonyl (C=O) groups excluding carboxylic acids is 1. The fourth-order valence-corrected chi connectivity index (χ4v) is 3.39. The molecule has 1 aliphatic rings. The Kier molecular flexibility index (Phi) is 6.03. The van der Waals surface area contributed by atoms with Crippen molar-refractivity contribution in [2.75, 3.05) is 38.2 Å². The summed E-state index contributed by atoms with van der Waals surface area (Å²) in [5.41, 5.74) is 4.72. The standard InChI is InChI=1S/C23H26N4O2/c1-18-16-24-27(17-18)22-8-4-20(5-9-22)23(28)25-21-6-2-19(3-7-21)10-11-26-12-14-29-15-13-26/h2-9,16-17H,10-15H2,1H3,(H,25,28). The van der Waals surface area contributed by atoms with Gasteiger partial charge in [-0.15, -0.1) is 0 Å². The minimum Gasteiger partial charge on any atom is -0.379 e. The highest BCUT2D eigenvalue weighted by Gasteiger charge is 2.10. The van der Waals surface area contributed by atoms with Gasteiger partial charge in [-0.05, 0) is 60.9 Å². The predicted molar refractivity (Wildman–Crippen MR) is 114 cm³/mol. The molecule has 2 aromatic carbocycles. The highest BCUT2D eigenvalue weighted by Crippen LogP contribution is 2.14. The number of nitrogens with one attached hydrogen (secondary N) is 1. The molecule has 1 aliphatic heterocycles. The molecule has 2 heterocycles. The highest BCUT2D eigenvalue weighted by molar-refractivity contribution is 6.04. The first kappa shape index (κ1) is 19.4. The number of rotatable bonds is 6. The molecule has 3 aromatic rings. The van der Waals surface area contributed by atoms with E-state index < -0.39 is 0 Å². The molecule has 1 saturated heterocycles. The third-order valence-corrected chi connectivity index (χ3v) is 5.14. The Morgan fingerprint density at radius 2 is 1.79 bits per heavy atom. The number of carbonyl (C=O) groups is 1. The van der Waals surface area contributed by atoms with E-state index in [2.05, 4.69) is 27.4 Å². The molecule has 0 bridgehead atoms. The summed E-state index contributed by atoms with van der Waals surface area (Å²) in [6, 6.07) is 15.5. The lowest BCUT2D eigenvalue weighted by Gasteiger charge is -2.26. The Bertz CT molecular complexity index is 942. The number of aromatic nitrogens is 2. The van der Waals surface area contributed by atoms with Gasteiger partial charge in [0.25, 0.3) is 5.91 Å². The summed E-state index contributed by atoms with van der Waals surface area (Å²) in [4.78, 5) is 15.0. The summed E-state index contributed by atoms with van der Waals surface area (Å²) in [6.45, 7) is 6.71. The Balaban J connectivity index is 1.32. The van der Waals surface area contributed by atoms with Gasteiger partial charge in [0.15, 0.2) is 0 Å². The molecule has 1 amide bonds. The zero-order chi connectivity index (χ0) is 20.1. The molecular formula is C23H26N4O2. The van der Waals surface area contributed by atoms with E-state index in [1.54, 1.807) is 4.68 Å². The van der Waals surface area contributed by atoms with Crippen molar-refractivity contribution >= 4 is 11.6 Å².